The molecule has 9 heteroatoms. The second-order valence-corrected chi connectivity index (χ2v) is 9.23. The van der Waals surface area contributed by atoms with E-state index in [0.717, 1.165) is 28.1 Å². The highest BCUT2D eigenvalue weighted by Gasteiger charge is 2.32. The summed E-state index contributed by atoms with van der Waals surface area (Å²) in [6.07, 6.45) is 5.39. The number of ketones is 1. The Balaban J connectivity index is 1.41. The van der Waals surface area contributed by atoms with E-state index >= 15 is 0 Å². The maximum Gasteiger partial charge on any atom is 0.248 e. The van der Waals surface area contributed by atoms with E-state index in [1.807, 2.05) is 48.7 Å². The molecule has 3 aromatic heterocycles. The monoisotopic (exact) mass is 482 g/mol. The second-order valence-electron chi connectivity index (χ2n) is 9.23. The smallest absolute Gasteiger partial charge is 0.248 e. The van der Waals surface area contributed by atoms with Crippen LogP contribution in [0, 0.1) is 0 Å². The molecule has 6 rings (SSSR count). The van der Waals surface area contributed by atoms with E-state index in [9.17, 15) is 14.7 Å². The van der Waals surface area contributed by atoms with Crippen LogP contribution < -0.4 is 5.32 Å². The number of Topliss-reactive ketones (excluding diaryl/α,β-unsaturated/α-hetero) is 1. The van der Waals surface area contributed by atoms with Crippen molar-refractivity contribution in [2.45, 2.75) is 25.2 Å². The minimum Gasteiger partial charge on any atom is -0.387 e. The van der Waals surface area contributed by atoms with Gasteiger partial charge in [0.2, 0.25) is 5.91 Å². The summed E-state index contributed by atoms with van der Waals surface area (Å²) in [4.78, 5) is 36.3. The number of carbonyl (C=O) groups excluding carboxylic acids is 2. The summed E-state index contributed by atoms with van der Waals surface area (Å²) in [5.41, 5.74) is 5.72. The number of pyridine rings is 1. The second kappa shape index (κ2) is 9.16. The number of fused-ring (bicyclic) bond motifs is 3. The number of aliphatic hydroxyl groups is 1. The number of nitrogens with one attached hydrogen (secondary N) is 1. The molecule has 0 aliphatic carbocycles. The van der Waals surface area contributed by atoms with Crippen molar-refractivity contribution in [3.05, 3.63) is 66.1 Å². The van der Waals surface area contributed by atoms with Gasteiger partial charge in [0.05, 0.1) is 23.1 Å². The van der Waals surface area contributed by atoms with Crippen LogP contribution in [-0.4, -0.2) is 67.5 Å². The first-order chi connectivity index (χ1) is 17.6. The lowest BCUT2D eigenvalue weighted by molar-refractivity contribution is -0.135. The van der Waals surface area contributed by atoms with E-state index < -0.39 is 6.61 Å². The van der Waals surface area contributed by atoms with Gasteiger partial charge in [-0.3, -0.25) is 14.6 Å². The molecule has 0 atom stereocenters. The molecule has 2 aliphatic heterocycles. The summed E-state index contributed by atoms with van der Waals surface area (Å²) in [5, 5.41) is 17.2. The number of benzene rings is 1. The molecule has 5 heterocycles. The number of hydrogen-bond donors (Lipinski definition) is 2. The van der Waals surface area contributed by atoms with Gasteiger partial charge in [-0.2, -0.15) is 9.61 Å². The Labute approximate surface area is 207 Å². The van der Waals surface area contributed by atoms with Crippen LogP contribution in [0.15, 0.2) is 54.9 Å². The Morgan fingerprint density at radius 2 is 1.86 bits per heavy atom. The summed E-state index contributed by atoms with van der Waals surface area (Å²) >= 11 is 0. The lowest BCUT2D eigenvalue weighted by Gasteiger charge is -2.33. The zero-order valence-corrected chi connectivity index (χ0v) is 19.7. The fourth-order valence-corrected chi connectivity index (χ4v) is 5.20. The van der Waals surface area contributed by atoms with Gasteiger partial charge in [0.25, 0.3) is 0 Å². The predicted molar refractivity (Wildman–Crippen MR) is 135 cm³/mol. The number of piperidine rings is 1. The zero-order valence-electron chi connectivity index (χ0n) is 19.7. The van der Waals surface area contributed by atoms with Gasteiger partial charge in [-0.1, -0.05) is 36.4 Å². The average Bonchev–Trinajstić information content (AvgIpc) is 3.37. The normalized spacial score (nSPS) is 16.1. The van der Waals surface area contributed by atoms with Crippen molar-refractivity contribution in [1.29, 1.82) is 0 Å². The van der Waals surface area contributed by atoms with E-state index in [4.69, 9.17) is 4.98 Å². The molecule has 0 spiro atoms. The molecule has 0 saturated carbocycles. The highest BCUT2D eigenvalue weighted by molar-refractivity contribution is 6.04. The van der Waals surface area contributed by atoms with Crippen molar-refractivity contribution in [1.82, 2.24) is 24.5 Å². The molecule has 1 saturated heterocycles. The van der Waals surface area contributed by atoms with Crippen LogP contribution in [0.4, 0.5) is 5.82 Å². The molecule has 36 heavy (non-hydrogen) atoms. The third-order valence-corrected chi connectivity index (χ3v) is 7.11. The highest BCUT2D eigenvalue weighted by atomic mass is 16.3. The molecule has 0 radical (unpaired) electrons. The number of hydrogen-bond acceptors (Lipinski definition) is 7. The summed E-state index contributed by atoms with van der Waals surface area (Å²) in [6, 6.07) is 14.0. The van der Waals surface area contributed by atoms with Crippen LogP contribution in [0.2, 0.25) is 0 Å². The van der Waals surface area contributed by atoms with Crippen LogP contribution >= 0.6 is 0 Å². The largest absolute Gasteiger partial charge is 0.387 e. The standard InChI is InChI=1S/C27H26N6O3/c34-16-23(36)32-12-9-18(10-13-32)25-24-22(35)8-11-28-27(24)33-26(31-25)20(15-30-33)19-6-7-21(29-14-19)17-4-2-1-3-5-17/h1-7,14-15,18,28,34H,8-13,16H2. The minimum absolute atomic E-state index is 0.0386. The van der Waals surface area contributed by atoms with Gasteiger partial charge in [-0.05, 0) is 18.9 Å². The maximum absolute atomic E-state index is 13.0. The van der Waals surface area contributed by atoms with Crippen LogP contribution in [0.3, 0.4) is 0 Å². The molecule has 1 aromatic carbocycles. The number of nitrogens with zero attached hydrogens (tertiary/aromatic N) is 5. The van der Waals surface area contributed by atoms with Gasteiger partial charge >= 0.3 is 0 Å². The molecular weight excluding hydrogens is 456 g/mol. The molecule has 0 bridgehead atoms. The molecule has 1 amide bonds. The van der Waals surface area contributed by atoms with Gasteiger partial charge in [-0.15, -0.1) is 0 Å². The van der Waals surface area contributed by atoms with Crippen LogP contribution in [0.1, 0.15) is 41.2 Å². The Hall–Kier alpha value is -4.11. The lowest BCUT2D eigenvalue weighted by Crippen LogP contribution is -2.40. The average molecular weight is 483 g/mol. The minimum atomic E-state index is -0.483. The number of amides is 1. The summed E-state index contributed by atoms with van der Waals surface area (Å²) in [7, 11) is 0. The van der Waals surface area contributed by atoms with Crippen molar-refractivity contribution in [2.75, 3.05) is 31.6 Å². The Morgan fingerprint density at radius 1 is 1.06 bits per heavy atom. The number of anilines is 1. The first kappa shape index (κ1) is 22.4. The number of carbonyl (C=O) groups is 2. The fraction of sp³-hybridized carbons (Fsp3) is 0.296. The van der Waals surface area contributed by atoms with Crippen molar-refractivity contribution in [3.8, 4) is 22.4 Å². The van der Waals surface area contributed by atoms with E-state index in [1.165, 1.54) is 0 Å². The molecule has 4 aromatic rings. The van der Waals surface area contributed by atoms with E-state index in [2.05, 4.69) is 15.4 Å². The van der Waals surface area contributed by atoms with Gasteiger partial charge in [0.15, 0.2) is 11.4 Å². The first-order valence-electron chi connectivity index (χ1n) is 12.2. The van der Waals surface area contributed by atoms with Gasteiger partial charge in [0.1, 0.15) is 12.4 Å². The predicted octanol–water partition coefficient (Wildman–Crippen LogP) is 3.15. The molecule has 2 aliphatic rings. The van der Waals surface area contributed by atoms with E-state index in [1.54, 1.807) is 15.6 Å². The fourth-order valence-electron chi connectivity index (χ4n) is 5.20. The van der Waals surface area contributed by atoms with Crippen LogP contribution in [0.5, 0.6) is 0 Å². The highest BCUT2D eigenvalue weighted by Crippen LogP contribution is 2.37. The number of likely N-dealkylation sites (tertiary alicyclic amines) is 1. The molecule has 2 N–H and O–H groups in total. The number of rotatable bonds is 4. The summed E-state index contributed by atoms with van der Waals surface area (Å²) in [6.45, 7) is 1.13. The van der Waals surface area contributed by atoms with Crippen molar-refractivity contribution in [3.63, 3.8) is 0 Å². The van der Waals surface area contributed by atoms with Gasteiger partial charge < -0.3 is 15.3 Å². The molecule has 182 valence electrons. The molecule has 9 nitrogen and oxygen atoms in total. The third kappa shape index (κ3) is 3.81. The topological polar surface area (TPSA) is 113 Å². The SMILES string of the molecule is O=C1CCNc2c1c(C1CCN(C(=O)CO)CC1)nc1c(-c3ccc(-c4ccccc4)nc3)cnn21. The van der Waals surface area contributed by atoms with E-state index in [-0.39, 0.29) is 17.6 Å². The Bertz CT molecular complexity index is 1440. The maximum atomic E-state index is 13.0. The molecular formula is C27H26N6O3. The van der Waals surface area contributed by atoms with Gasteiger partial charge in [0, 0.05) is 54.9 Å². The third-order valence-electron chi connectivity index (χ3n) is 7.11. The molecule has 1 fully saturated rings. The zero-order chi connectivity index (χ0) is 24.6. The Morgan fingerprint density at radius 3 is 2.58 bits per heavy atom. The quantitative estimate of drug-likeness (QED) is 0.459. The number of aromatic nitrogens is 4. The van der Waals surface area contributed by atoms with Crippen molar-refractivity contribution >= 4 is 23.2 Å². The van der Waals surface area contributed by atoms with E-state index in [0.29, 0.717) is 55.9 Å². The van der Waals surface area contributed by atoms with Gasteiger partial charge in [-0.25, -0.2) is 4.98 Å². The van der Waals surface area contributed by atoms with Crippen molar-refractivity contribution in [2.24, 2.45) is 0 Å². The van der Waals surface area contributed by atoms with Crippen LogP contribution in [0.25, 0.3) is 28.0 Å². The Kier molecular flexibility index (Phi) is 5.69. The first-order valence-corrected chi connectivity index (χ1v) is 12.2. The number of aliphatic hydroxyl groups excluding tert-OH is 1. The summed E-state index contributed by atoms with van der Waals surface area (Å²) in [5.74, 6) is 0.519. The van der Waals surface area contributed by atoms with Crippen LogP contribution in [-0.2, 0) is 4.79 Å². The molecule has 0 unspecified atom stereocenters. The lowest BCUT2D eigenvalue weighted by atomic mass is 9.88. The van der Waals surface area contributed by atoms with Crippen molar-refractivity contribution < 1.29 is 14.7 Å². The summed E-state index contributed by atoms with van der Waals surface area (Å²) < 4.78 is 1.72.